The van der Waals surface area contributed by atoms with Crippen molar-refractivity contribution in [3.8, 4) is 11.4 Å². The molecule has 3 fully saturated rings. The minimum Gasteiger partial charge on any atom is -0.350 e. The number of thiophene rings is 1. The maximum atomic E-state index is 12.4. The van der Waals surface area contributed by atoms with E-state index in [1.807, 2.05) is 42.0 Å². The first-order valence-corrected chi connectivity index (χ1v) is 13.4. The lowest BCUT2D eigenvalue weighted by Gasteiger charge is -2.49. The number of carbonyl (C=O) groups is 1. The monoisotopic (exact) mass is 475 g/mol. The standard InChI is InChI=1S/C27H33N5OS/c1-3-18(4-2)23-15-24(31-26(30-23)19-7-10-28-11-8-19)22-17-32-12-9-20(22)14-21(32)16-29-27(33)25-6-5-13-34-25/h5-8,10-11,13,15,18,20-22H,3-4,9,12,14,16-17H2,1-2H3,(H,29,33)/t20-,21+,22+/m0/s1. The molecule has 6 nitrogen and oxygen atoms in total. The molecule has 0 spiro atoms. The number of hydrogen-bond acceptors (Lipinski definition) is 6. The van der Waals surface area contributed by atoms with Gasteiger partial charge in [0.25, 0.3) is 5.91 Å². The molecule has 1 unspecified atom stereocenters. The molecule has 178 valence electrons. The lowest BCUT2D eigenvalue weighted by Crippen LogP contribution is -2.56. The van der Waals surface area contributed by atoms with Gasteiger partial charge < -0.3 is 5.32 Å². The van der Waals surface area contributed by atoms with Crippen LogP contribution in [0.15, 0.2) is 48.1 Å². The second kappa shape index (κ2) is 10.3. The van der Waals surface area contributed by atoms with Gasteiger partial charge in [-0.1, -0.05) is 19.9 Å². The number of rotatable bonds is 8. The Hall–Kier alpha value is -2.64. The summed E-state index contributed by atoms with van der Waals surface area (Å²) >= 11 is 1.49. The molecule has 7 heteroatoms. The van der Waals surface area contributed by atoms with Crippen molar-refractivity contribution in [2.24, 2.45) is 5.92 Å². The van der Waals surface area contributed by atoms with Crippen LogP contribution in [0.2, 0.25) is 0 Å². The molecule has 2 bridgehead atoms. The van der Waals surface area contributed by atoms with Crippen molar-refractivity contribution in [3.63, 3.8) is 0 Å². The van der Waals surface area contributed by atoms with Gasteiger partial charge in [-0.3, -0.25) is 14.7 Å². The molecule has 0 aliphatic carbocycles. The van der Waals surface area contributed by atoms with Crippen molar-refractivity contribution in [1.82, 2.24) is 25.2 Å². The average molecular weight is 476 g/mol. The first kappa shape index (κ1) is 23.1. The van der Waals surface area contributed by atoms with E-state index in [0.717, 1.165) is 54.3 Å². The van der Waals surface area contributed by atoms with Gasteiger partial charge >= 0.3 is 0 Å². The van der Waals surface area contributed by atoms with Gasteiger partial charge in [0.1, 0.15) is 0 Å². The third-order valence-corrected chi connectivity index (χ3v) is 8.48. The Labute approximate surface area is 205 Å². The van der Waals surface area contributed by atoms with Gasteiger partial charge in [0.2, 0.25) is 0 Å². The molecule has 3 saturated heterocycles. The molecular formula is C27H33N5OS. The molecular weight excluding hydrogens is 442 g/mol. The van der Waals surface area contributed by atoms with Gasteiger partial charge in [-0.2, -0.15) is 0 Å². The largest absolute Gasteiger partial charge is 0.350 e. The van der Waals surface area contributed by atoms with Crippen LogP contribution in [-0.4, -0.2) is 51.4 Å². The van der Waals surface area contributed by atoms with Crippen LogP contribution in [0.5, 0.6) is 0 Å². The zero-order chi connectivity index (χ0) is 23.5. The molecule has 0 saturated carbocycles. The average Bonchev–Trinajstić information content (AvgIpc) is 3.44. The molecule has 6 rings (SSSR count). The minimum atomic E-state index is 0.0433. The Morgan fingerprint density at radius 3 is 2.71 bits per heavy atom. The van der Waals surface area contributed by atoms with E-state index in [1.165, 1.54) is 23.5 Å². The Morgan fingerprint density at radius 2 is 2.03 bits per heavy atom. The maximum Gasteiger partial charge on any atom is 0.261 e. The summed E-state index contributed by atoms with van der Waals surface area (Å²) < 4.78 is 0. The van der Waals surface area contributed by atoms with E-state index in [1.54, 1.807) is 0 Å². The number of pyridine rings is 1. The molecule has 3 aliphatic heterocycles. The van der Waals surface area contributed by atoms with Gasteiger partial charge in [0, 0.05) is 60.3 Å². The summed E-state index contributed by atoms with van der Waals surface area (Å²) in [6.07, 6.45) is 8.07. The highest BCUT2D eigenvalue weighted by Crippen LogP contribution is 2.42. The first-order chi connectivity index (χ1) is 16.7. The van der Waals surface area contributed by atoms with Crippen molar-refractivity contribution in [1.29, 1.82) is 0 Å². The van der Waals surface area contributed by atoms with E-state index in [4.69, 9.17) is 9.97 Å². The second-order valence-electron chi connectivity index (χ2n) is 9.52. The summed E-state index contributed by atoms with van der Waals surface area (Å²) in [5, 5.41) is 5.11. The lowest BCUT2D eigenvalue weighted by atomic mass is 9.74. The SMILES string of the molecule is CCC(CC)c1cc([C@@H]2CN3CC[C@H]2C[C@@H]3CNC(=O)c2cccs2)nc(-c2ccncc2)n1. The molecule has 3 aliphatic rings. The summed E-state index contributed by atoms with van der Waals surface area (Å²) in [5.74, 6) is 2.31. The summed E-state index contributed by atoms with van der Waals surface area (Å²) in [6.45, 7) is 7.30. The number of nitrogens with one attached hydrogen (secondary N) is 1. The quantitative estimate of drug-likeness (QED) is 0.490. The number of nitrogens with zero attached hydrogens (tertiary/aromatic N) is 4. The van der Waals surface area contributed by atoms with E-state index in [2.05, 4.69) is 35.1 Å². The normalized spacial score (nSPS) is 23.9. The van der Waals surface area contributed by atoms with Crippen LogP contribution in [0.4, 0.5) is 0 Å². The minimum absolute atomic E-state index is 0.0433. The highest BCUT2D eigenvalue weighted by molar-refractivity contribution is 7.12. The van der Waals surface area contributed by atoms with E-state index in [-0.39, 0.29) is 5.91 Å². The molecule has 3 aromatic rings. The van der Waals surface area contributed by atoms with Crippen LogP contribution in [0.3, 0.4) is 0 Å². The third-order valence-electron chi connectivity index (χ3n) is 7.61. The van der Waals surface area contributed by atoms with Crippen molar-refractivity contribution in [2.75, 3.05) is 19.6 Å². The van der Waals surface area contributed by atoms with E-state index >= 15 is 0 Å². The third kappa shape index (κ3) is 4.77. The smallest absolute Gasteiger partial charge is 0.261 e. The van der Waals surface area contributed by atoms with Crippen LogP contribution in [-0.2, 0) is 0 Å². The Balaban J connectivity index is 1.36. The van der Waals surface area contributed by atoms with Crippen LogP contribution < -0.4 is 5.32 Å². The summed E-state index contributed by atoms with van der Waals surface area (Å²) in [7, 11) is 0. The van der Waals surface area contributed by atoms with E-state index in [9.17, 15) is 4.79 Å². The topological polar surface area (TPSA) is 71.0 Å². The fraction of sp³-hybridized carbons (Fsp3) is 0.481. The zero-order valence-electron chi connectivity index (χ0n) is 20.0. The fourth-order valence-corrected chi connectivity index (χ4v) is 6.25. The zero-order valence-corrected chi connectivity index (χ0v) is 20.8. The van der Waals surface area contributed by atoms with Gasteiger partial charge in [0.05, 0.1) is 4.88 Å². The Kier molecular flexibility index (Phi) is 7.02. The molecule has 3 aromatic heterocycles. The fourth-order valence-electron chi connectivity index (χ4n) is 5.61. The second-order valence-corrected chi connectivity index (χ2v) is 10.5. The molecule has 4 atom stereocenters. The van der Waals surface area contributed by atoms with Gasteiger partial charge in [-0.25, -0.2) is 9.97 Å². The van der Waals surface area contributed by atoms with Gasteiger partial charge in [-0.15, -0.1) is 11.3 Å². The molecule has 34 heavy (non-hydrogen) atoms. The molecule has 6 heterocycles. The van der Waals surface area contributed by atoms with Gasteiger partial charge in [-0.05, 0) is 67.8 Å². The lowest BCUT2D eigenvalue weighted by molar-refractivity contribution is 0.0290. The number of amides is 1. The molecule has 0 radical (unpaired) electrons. The highest BCUT2D eigenvalue weighted by Gasteiger charge is 2.41. The number of hydrogen-bond donors (Lipinski definition) is 1. The van der Waals surface area contributed by atoms with Crippen molar-refractivity contribution in [2.45, 2.75) is 57.4 Å². The Bertz CT molecular complexity index is 1100. The predicted molar refractivity (Wildman–Crippen MR) is 136 cm³/mol. The van der Waals surface area contributed by atoms with Crippen molar-refractivity contribution >= 4 is 17.2 Å². The number of aromatic nitrogens is 3. The molecule has 0 aromatic carbocycles. The van der Waals surface area contributed by atoms with Crippen LogP contribution in [0, 0.1) is 5.92 Å². The first-order valence-electron chi connectivity index (χ1n) is 12.5. The van der Waals surface area contributed by atoms with E-state index < -0.39 is 0 Å². The van der Waals surface area contributed by atoms with Crippen molar-refractivity contribution < 1.29 is 4.79 Å². The number of piperidine rings is 3. The molecule has 1 amide bonds. The van der Waals surface area contributed by atoms with Gasteiger partial charge in [0.15, 0.2) is 5.82 Å². The summed E-state index contributed by atoms with van der Waals surface area (Å²) in [6, 6.07) is 10.5. The molecule has 1 N–H and O–H groups in total. The van der Waals surface area contributed by atoms with Crippen molar-refractivity contribution in [3.05, 3.63) is 64.4 Å². The summed E-state index contributed by atoms with van der Waals surface area (Å²) in [4.78, 5) is 30.0. The van der Waals surface area contributed by atoms with E-state index in [0.29, 0.717) is 30.3 Å². The summed E-state index contributed by atoms with van der Waals surface area (Å²) in [5.41, 5.74) is 3.37. The number of fused-ring (bicyclic) bond motifs is 3. The Morgan fingerprint density at radius 1 is 1.21 bits per heavy atom. The van der Waals surface area contributed by atoms with Crippen LogP contribution in [0.25, 0.3) is 11.4 Å². The van der Waals surface area contributed by atoms with Crippen LogP contribution in [0.1, 0.15) is 72.4 Å². The van der Waals surface area contributed by atoms with Crippen LogP contribution >= 0.6 is 11.3 Å². The maximum absolute atomic E-state index is 12.4. The number of carbonyl (C=O) groups excluding carboxylic acids is 1. The highest BCUT2D eigenvalue weighted by atomic mass is 32.1. The predicted octanol–water partition coefficient (Wildman–Crippen LogP) is 5.11.